The first-order valence-electron chi connectivity index (χ1n) is 7.09. The van der Waals surface area contributed by atoms with Crippen molar-refractivity contribution in [1.82, 2.24) is 4.90 Å². The van der Waals surface area contributed by atoms with Gasteiger partial charge in [-0.3, -0.25) is 15.0 Å². The topological polar surface area (TPSA) is 89.5 Å². The molecule has 1 aliphatic rings. The number of amides is 1. The lowest BCUT2D eigenvalue weighted by atomic mass is 10.2. The summed E-state index contributed by atoms with van der Waals surface area (Å²) in [5.74, 6) is 0.954. The van der Waals surface area contributed by atoms with Crippen LogP contribution in [0.25, 0.3) is 0 Å². The molecule has 1 heterocycles. The fourth-order valence-electron chi connectivity index (χ4n) is 2.27. The van der Waals surface area contributed by atoms with E-state index >= 15 is 0 Å². The van der Waals surface area contributed by atoms with E-state index in [1.165, 1.54) is 0 Å². The van der Waals surface area contributed by atoms with Gasteiger partial charge in [-0.25, -0.2) is 0 Å². The van der Waals surface area contributed by atoms with E-state index in [9.17, 15) is 9.90 Å². The summed E-state index contributed by atoms with van der Waals surface area (Å²) in [6, 6.07) is 2.04. The second-order valence-electron chi connectivity index (χ2n) is 5.75. The molecule has 1 unspecified atom stereocenters. The van der Waals surface area contributed by atoms with Crippen molar-refractivity contribution in [3.63, 3.8) is 0 Å². The minimum Gasteiger partial charge on any atom is -0.444 e. The minimum absolute atomic E-state index is 0.146. The summed E-state index contributed by atoms with van der Waals surface area (Å²) >= 11 is 0. The molecule has 1 aromatic heterocycles. The Bertz CT molecular complexity index is 569. The highest BCUT2D eigenvalue weighted by atomic mass is 16.4. The fraction of sp³-hybridized carbons (Fsp3) is 0.600. The summed E-state index contributed by atoms with van der Waals surface area (Å²) in [6.45, 7) is 4.15. The second-order valence-corrected chi connectivity index (χ2v) is 5.75. The number of nitriles is 1. The number of hydrogen-bond donors (Lipinski definition) is 2. The van der Waals surface area contributed by atoms with E-state index < -0.39 is 0 Å². The summed E-state index contributed by atoms with van der Waals surface area (Å²) in [5, 5.41) is 21.6. The zero-order valence-electron chi connectivity index (χ0n) is 12.6. The molecule has 6 heteroatoms. The molecule has 0 spiro atoms. The van der Waals surface area contributed by atoms with Crippen LogP contribution >= 0.6 is 0 Å². The third kappa shape index (κ3) is 3.84. The molecule has 6 nitrogen and oxygen atoms in total. The maximum atomic E-state index is 12.0. The molecule has 0 aliphatic heterocycles. The number of aryl methyl sites for hydroxylation is 1. The molecule has 1 aromatic rings. The number of furan rings is 1. The van der Waals surface area contributed by atoms with Gasteiger partial charge in [-0.1, -0.05) is 0 Å². The van der Waals surface area contributed by atoms with Gasteiger partial charge in [0.15, 0.2) is 0 Å². The molecular weight excluding hydrogens is 270 g/mol. The predicted molar refractivity (Wildman–Crippen MR) is 77.8 cm³/mol. The van der Waals surface area contributed by atoms with E-state index in [0.29, 0.717) is 23.8 Å². The van der Waals surface area contributed by atoms with E-state index in [2.05, 4.69) is 5.32 Å². The number of nitrogens with one attached hydrogen (secondary N) is 1. The number of rotatable bonds is 6. The van der Waals surface area contributed by atoms with Crippen molar-refractivity contribution in [1.29, 1.82) is 5.26 Å². The number of hydrogen-bond acceptors (Lipinski definition) is 5. The van der Waals surface area contributed by atoms with Crippen LogP contribution in [-0.2, 0) is 4.79 Å². The predicted octanol–water partition coefficient (Wildman–Crippen LogP) is 1.41. The van der Waals surface area contributed by atoms with Gasteiger partial charge >= 0.3 is 0 Å². The van der Waals surface area contributed by atoms with Crippen molar-refractivity contribution in [2.24, 2.45) is 5.92 Å². The summed E-state index contributed by atoms with van der Waals surface area (Å²) in [7, 11) is 1.79. The van der Waals surface area contributed by atoms with Crippen molar-refractivity contribution in [2.45, 2.75) is 32.8 Å². The third-order valence-electron chi connectivity index (χ3n) is 3.83. The Morgan fingerprint density at radius 1 is 1.57 bits per heavy atom. The smallest absolute Gasteiger partial charge is 0.240 e. The van der Waals surface area contributed by atoms with Crippen LogP contribution in [0.15, 0.2) is 4.42 Å². The molecular formula is C15H21N3O3. The fourth-order valence-corrected chi connectivity index (χ4v) is 2.27. The molecule has 0 saturated heterocycles. The van der Waals surface area contributed by atoms with Crippen molar-refractivity contribution >= 4 is 11.8 Å². The number of likely N-dealkylation sites (N-methyl/N-ethyl adjacent to an activating group) is 1. The number of aliphatic hydroxyl groups is 1. The van der Waals surface area contributed by atoms with Gasteiger partial charge in [0.25, 0.3) is 0 Å². The first kappa shape index (κ1) is 15.5. The maximum Gasteiger partial charge on any atom is 0.240 e. The summed E-state index contributed by atoms with van der Waals surface area (Å²) < 4.78 is 5.40. The molecule has 0 aromatic carbocycles. The molecule has 1 atom stereocenters. The minimum atomic E-state index is -0.370. The molecule has 2 N–H and O–H groups in total. The van der Waals surface area contributed by atoms with E-state index in [-0.39, 0.29) is 24.4 Å². The molecule has 21 heavy (non-hydrogen) atoms. The Kier molecular flexibility index (Phi) is 4.66. The van der Waals surface area contributed by atoms with Gasteiger partial charge in [0, 0.05) is 12.1 Å². The SMILES string of the molecule is Cc1oc(NC(=O)CN(C)CC(O)C2CC2)c(C#N)c1C. The number of anilines is 1. The molecule has 1 saturated carbocycles. The zero-order chi connectivity index (χ0) is 15.6. The second kappa shape index (κ2) is 6.29. The highest BCUT2D eigenvalue weighted by Crippen LogP contribution is 2.32. The van der Waals surface area contributed by atoms with Gasteiger partial charge in [0.1, 0.15) is 17.4 Å². The average Bonchev–Trinajstić information content (AvgIpc) is 3.19. The quantitative estimate of drug-likeness (QED) is 0.827. The third-order valence-corrected chi connectivity index (χ3v) is 3.83. The Morgan fingerprint density at radius 2 is 2.24 bits per heavy atom. The first-order chi connectivity index (χ1) is 9.92. The van der Waals surface area contributed by atoms with Crippen molar-refractivity contribution in [3.05, 3.63) is 16.9 Å². The van der Waals surface area contributed by atoms with Gasteiger partial charge in [0.2, 0.25) is 11.8 Å². The Labute approximate surface area is 124 Å². The molecule has 0 radical (unpaired) electrons. The van der Waals surface area contributed by atoms with Gasteiger partial charge in [-0.2, -0.15) is 5.26 Å². The van der Waals surface area contributed by atoms with Gasteiger partial charge in [-0.15, -0.1) is 0 Å². The van der Waals surface area contributed by atoms with Gasteiger partial charge < -0.3 is 9.52 Å². The van der Waals surface area contributed by atoms with Crippen LogP contribution in [0, 0.1) is 31.1 Å². The zero-order valence-corrected chi connectivity index (χ0v) is 12.6. The van der Waals surface area contributed by atoms with Crippen LogP contribution < -0.4 is 5.32 Å². The van der Waals surface area contributed by atoms with E-state index in [1.807, 2.05) is 6.07 Å². The van der Waals surface area contributed by atoms with Crippen LogP contribution in [0.3, 0.4) is 0 Å². The summed E-state index contributed by atoms with van der Waals surface area (Å²) in [5.41, 5.74) is 1.10. The summed E-state index contributed by atoms with van der Waals surface area (Å²) in [4.78, 5) is 13.7. The van der Waals surface area contributed by atoms with E-state index in [0.717, 1.165) is 18.4 Å². The number of carbonyl (C=O) groups excluding carboxylic acids is 1. The van der Waals surface area contributed by atoms with Crippen LogP contribution in [0.4, 0.5) is 5.88 Å². The number of aliphatic hydroxyl groups excluding tert-OH is 1. The molecule has 114 valence electrons. The Balaban J connectivity index is 1.89. The summed E-state index contributed by atoms with van der Waals surface area (Å²) in [6.07, 6.45) is 1.76. The Morgan fingerprint density at radius 3 is 2.81 bits per heavy atom. The van der Waals surface area contributed by atoms with Crippen molar-refractivity contribution in [3.8, 4) is 6.07 Å². The molecule has 2 rings (SSSR count). The van der Waals surface area contributed by atoms with Crippen molar-refractivity contribution < 1.29 is 14.3 Å². The molecule has 1 fully saturated rings. The monoisotopic (exact) mass is 291 g/mol. The molecule has 0 bridgehead atoms. The highest BCUT2D eigenvalue weighted by Gasteiger charge is 2.30. The van der Waals surface area contributed by atoms with Crippen LogP contribution in [-0.4, -0.2) is 42.2 Å². The average molecular weight is 291 g/mol. The maximum absolute atomic E-state index is 12.0. The van der Waals surface area contributed by atoms with E-state index in [1.54, 1.807) is 25.8 Å². The number of nitrogens with zero attached hydrogens (tertiary/aromatic N) is 2. The van der Waals surface area contributed by atoms with E-state index in [4.69, 9.17) is 9.68 Å². The lowest BCUT2D eigenvalue weighted by Crippen LogP contribution is -2.36. The highest BCUT2D eigenvalue weighted by molar-refractivity contribution is 5.92. The lowest BCUT2D eigenvalue weighted by Gasteiger charge is -2.19. The van der Waals surface area contributed by atoms with Gasteiger partial charge in [0.05, 0.1) is 12.6 Å². The van der Waals surface area contributed by atoms with Gasteiger partial charge in [-0.05, 0) is 39.7 Å². The van der Waals surface area contributed by atoms with Crippen LogP contribution in [0.2, 0.25) is 0 Å². The lowest BCUT2D eigenvalue weighted by molar-refractivity contribution is -0.117. The van der Waals surface area contributed by atoms with Crippen LogP contribution in [0.5, 0.6) is 0 Å². The standard InChI is InChI=1S/C15H21N3O3/c1-9-10(2)21-15(12(9)6-16)17-14(20)8-18(3)7-13(19)11-4-5-11/h11,13,19H,4-5,7-8H2,1-3H3,(H,17,20). The number of carbonyl (C=O) groups is 1. The largest absolute Gasteiger partial charge is 0.444 e. The first-order valence-corrected chi connectivity index (χ1v) is 7.09. The van der Waals surface area contributed by atoms with Crippen LogP contribution in [0.1, 0.15) is 29.7 Å². The molecule has 1 aliphatic carbocycles. The van der Waals surface area contributed by atoms with Crippen molar-refractivity contribution in [2.75, 3.05) is 25.5 Å². The molecule has 1 amide bonds. The Hall–Kier alpha value is -1.84. The normalized spacial score (nSPS) is 15.8.